The van der Waals surface area contributed by atoms with Crippen LogP contribution < -0.4 is 5.32 Å². The zero-order chi connectivity index (χ0) is 15.5. The molecule has 0 aromatic carbocycles. The molecule has 1 N–H and O–H groups in total. The van der Waals surface area contributed by atoms with E-state index in [1.807, 2.05) is 5.38 Å². The number of rotatable bonds is 4. The third-order valence-electron chi connectivity index (χ3n) is 3.70. The Labute approximate surface area is 143 Å². The molecular formula is C15H18ClN3OS2. The molecule has 0 bridgehead atoms. The second-order valence-corrected chi connectivity index (χ2v) is 8.26. The summed E-state index contributed by atoms with van der Waals surface area (Å²) in [4.78, 5) is 19.6. The number of carbonyl (C=O) groups is 1. The molecule has 2 aromatic heterocycles. The maximum atomic E-state index is 12.1. The molecule has 3 rings (SSSR count). The van der Waals surface area contributed by atoms with Crippen LogP contribution in [0.5, 0.6) is 0 Å². The zero-order valence-electron chi connectivity index (χ0n) is 12.3. The number of piperidine rings is 1. The molecule has 1 unspecified atom stereocenters. The minimum Gasteiger partial charge on any atom is -0.297 e. The monoisotopic (exact) mass is 355 g/mol. The van der Waals surface area contributed by atoms with Gasteiger partial charge in [-0.25, -0.2) is 4.98 Å². The first-order valence-electron chi connectivity index (χ1n) is 7.33. The summed E-state index contributed by atoms with van der Waals surface area (Å²) in [5.74, 6) is 0.611. The number of anilines is 1. The Kier molecular flexibility index (Phi) is 5.13. The summed E-state index contributed by atoms with van der Waals surface area (Å²) in [6.45, 7) is 5.43. The molecule has 118 valence electrons. The fourth-order valence-corrected chi connectivity index (χ4v) is 4.33. The normalized spacial score (nSPS) is 19.3. The number of nitrogens with one attached hydrogen (secondary N) is 1. The molecule has 1 saturated heterocycles. The highest BCUT2D eigenvalue weighted by Gasteiger charge is 2.18. The van der Waals surface area contributed by atoms with Crippen molar-refractivity contribution < 1.29 is 4.79 Å². The molecule has 0 aliphatic carbocycles. The third kappa shape index (κ3) is 4.07. The molecule has 2 aromatic rings. The lowest BCUT2D eigenvalue weighted by Crippen LogP contribution is -2.33. The van der Waals surface area contributed by atoms with Crippen molar-refractivity contribution in [1.29, 1.82) is 0 Å². The number of carbonyl (C=O) groups excluding carboxylic acids is 1. The topological polar surface area (TPSA) is 45.2 Å². The SMILES string of the molecule is CC1CCCN(Cc2csc(NC(=O)c3ccc(Cl)s3)n2)C1. The molecule has 22 heavy (non-hydrogen) atoms. The third-order valence-corrected chi connectivity index (χ3v) is 5.73. The van der Waals surface area contributed by atoms with Crippen molar-refractivity contribution in [3.63, 3.8) is 0 Å². The summed E-state index contributed by atoms with van der Waals surface area (Å²) in [5.41, 5.74) is 1.03. The van der Waals surface area contributed by atoms with E-state index in [-0.39, 0.29) is 5.91 Å². The van der Waals surface area contributed by atoms with Gasteiger partial charge in [-0.05, 0) is 37.4 Å². The number of likely N-dealkylation sites (tertiary alicyclic amines) is 1. The van der Waals surface area contributed by atoms with Crippen LogP contribution in [0.4, 0.5) is 5.13 Å². The van der Waals surface area contributed by atoms with Gasteiger partial charge in [0.2, 0.25) is 0 Å². The standard InChI is InChI=1S/C15H18ClN3OS2/c1-10-3-2-6-19(7-10)8-11-9-21-15(17-11)18-14(20)12-4-5-13(16)22-12/h4-5,9-10H,2-3,6-8H2,1H3,(H,17,18,20). The highest BCUT2D eigenvalue weighted by molar-refractivity contribution is 7.18. The predicted octanol–water partition coefficient (Wildman–Crippen LogP) is 4.34. The Hall–Kier alpha value is -0.950. The summed E-state index contributed by atoms with van der Waals surface area (Å²) in [7, 11) is 0. The smallest absolute Gasteiger partial charge is 0.267 e. The predicted molar refractivity (Wildman–Crippen MR) is 93.1 cm³/mol. The fraction of sp³-hybridized carbons (Fsp3) is 0.467. The lowest BCUT2D eigenvalue weighted by atomic mass is 10.0. The molecule has 1 aliphatic heterocycles. The van der Waals surface area contributed by atoms with E-state index in [4.69, 9.17) is 11.6 Å². The molecule has 1 fully saturated rings. The van der Waals surface area contributed by atoms with Crippen LogP contribution in [0.25, 0.3) is 0 Å². The van der Waals surface area contributed by atoms with E-state index in [9.17, 15) is 4.79 Å². The first-order chi connectivity index (χ1) is 10.6. The Balaban J connectivity index is 1.58. The van der Waals surface area contributed by atoms with Gasteiger partial charge in [0.05, 0.1) is 14.9 Å². The minimum absolute atomic E-state index is 0.149. The Bertz CT molecular complexity index is 655. The number of amides is 1. The molecule has 1 atom stereocenters. The number of thiazole rings is 1. The van der Waals surface area contributed by atoms with E-state index in [2.05, 4.69) is 22.1 Å². The molecule has 0 spiro atoms. The summed E-state index contributed by atoms with van der Waals surface area (Å²) in [6, 6.07) is 3.46. The molecule has 1 aliphatic rings. The Morgan fingerprint density at radius 1 is 1.55 bits per heavy atom. The lowest BCUT2D eigenvalue weighted by Gasteiger charge is -2.30. The number of hydrogen-bond donors (Lipinski definition) is 1. The van der Waals surface area contributed by atoms with Gasteiger partial charge in [-0.15, -0.1) is 22.7 Å². The first kappa shape index (κ1) is 15.9. The number of thiophene rings is 1. The van der Waals surface area contributed by atoms with Crippen molar-refractivity contribution in [3.05, 3.63) is 32.4 Å². The number of aromatic nitrogens is 1. The Morgan fingerprint density at radius 2 is 2.41 bits per heavy atom. The maximum absolute atomic E-state index is 12.1. The van der Waals surface area contributed by atoms with Gasteiger partial charge in [0.1, 0.15) is 0 Å². The number of halogens is 1. The molecule has 7 heteroatoms. The van der Waals surface area contributed by atoms with Gasteiger partial charge in [0.15, 0.2) is 5.13 Å². The van der Waals surface area contributed by atoms with E-state index in [0.717, 1.165) is 31.2 Å². The van der Waals surface area contributed by atoms with Gasteiger partial charge < -0.3 is 0 Å². The highest BCUT2D eigenvalue weighted by atomic mass is 35.5. The zero-order valence-corrected chi connectivity index (χ0v) is 14.7. The van der Waals surface area contributed by atoms with Crippen LogP contribution in [0.1, 0.15) is 35.1 Å². The number of hydrogen-bond acceptors (Lipinski definition) is 5. The van der Waals surface area contributed by atoms with Crippen LogP contribution in [0.15, 0.2) is 17.5 Å². The number of nitrogens with zero attached hydrogens (tertiary/aromatic N) is 2. The fourth-order valence-electron chi connectivity index (χ4n) is 2.69. The van der Waals surface area contributed by atoms with Crippen LogP contribution in [0.3, 0.4) is 0 Å². The average Bonchev–Trinajstić information content (AvgIpc) is 3.08. The van der Waals surface area contributed by atoms with E-state index in [0.29, 0.717) is 14.3 Å². The second-order valence-electron chi connectivity index (χ2n) is 5.68. The second kappa shape index (κ2) is 7.08. The van der Waals surface area contributed by atoms with Crippen LogP contribution in [0.2, 0.25) is 4.34 Å². The molecular weight excluding hydrogens is 338 g/mol. The quantitative estimate of drug-likeness (QED) is 0.887. The van der Waals surface area contributed by atoms with Crippen molar-refractivity contribution in [1.82, 2.24) is 9.88 Å². The van der Waals surface area contributed by atoms with Crippen LogP contribution in [0, 0.1) is 5.92 Å². The van der Waals surface area contributed by atoms with Crippen molar-refractivity contribution >= 4 is 45.3 Å². The lowest BCUT2D eigenvalue weighted by molar-refractivity contribution is 0.103. The van der Waals surface area contributed by atoms with Crippen molar-refractivity contribution in [3.8, 4) is 0 Å². The van der Waals surface area contributed by atoms with E-state index >= 15 is 0 Å². The van der Waals surface area contributed by atoms with Gasteiger partial charge in [-0.3, -0.25) is 15.0 Å². The van der Waals surface area contributed by atoms with Crippen LogP contribution in [-0.4, -0.2) is 28.9 Å². The largest absolute Gasteiger partial charge is 0.297 e. The van der Waals surface area contributed by atoms with Gasteiger partial charge in [0, 0.05) is 18.5 Å². The summed E-state index contributed by atoms with van der Waals surface area (Å²) in [6.07, 6.45) is 2.58. The summed E-state index contributed by atoms with van der Waals surface area (Å²) < 4.78 is 0.615. The summed E-state index contributed by atoms with van der Waals surface area (Å²) >= 11 is 8.60. The van der Waals surface area contributed by atoms with Crippen molar-refractivity contribution in [2.24, 2.45) is 5.92 Å². The summed E-state index contributed by atoms with van der Waals surface area (Å²) in [5, 5.41) is 5.51. The molecule has 4 nitrogen and oxygen atoms in total. The van der Waals surface area contributed by atoms with Crippen LogP contribution >= 0.6 is 34.3 Å². The maximum Gasteiger partial charge on any atom is 0.267 e. The van der Waals surface area contributed by atoms with Gasteiger partial charge in [0.25, 0.3) is 5.91 Å². The molecule has 0 radical (unpaired) electrons. The van der Waals surface area contributed by atoms with Crippen molar-refractivity contribution in [2.75, 3.05) is 18.4 Å². The van der Waals surface area contributed by atoms with Crippen molar-refractivity contribution in [2.45, 2.75) is 26.3 Å². The molecule has 3 heterocycles. The first-order valence-corrected chi connectivity index (χ1v) is 9.41. The van der Waals surface area contributed by atoms with Gasteiger partial charge in [-0.1, -0.05) is 18.5 Å². The highest BCUT2D eigenvalue weighted by Crippen LogP contribution is 2.24. The molecule has 1 amide bonds. The van der Waals surface area contributed by atoms with Crippen LogP contribution in [-0.2, 0) is 6.54 Å². The van der Waals surface area contributed by atoms with E-state index in [1.54, 1.807) is 12.1 Å². The molecule has 0 saturated carbocycles. The van der Waals surface area contributed by atoms with Gasteiger partial charge in [-0.2, -0.15) is 0 Å². The minimum atomic E-state index is -0.149. The average molecular weight is 356 g/mol. The van der Waals surface area contributed by atoms with E-state index in [1.165, 1.54) is 35.5 Å². The Morgan fingerprint density at radius 3 is 3.14 bits per heavy atom. The van der Waals surface area contributed by atoms with E-state index < -0.39 is 0 Å². The van der Waals surface area contributed by atoms with Gasteiger partial charge >= 0.3 is 0 Å².